The molecule has 3 N–H and O–H groups in total. The molecule has 3 rings (SSSR count). The first kappa shape index (κ1) is 28.7. The summed E-state index contributed by atoms with van der Waals surface area (Å²) in [6.07, 6.45) is -3.29. The number of unbranched alkanes of at least 4 members (excludes halogenated alkanes) is 1. The molecule has 0 radical (unpaired) electrons. The molecule has 10 nitrogen and oxygen atoms in total. The molecular weight excluding hydrogens is 507 g/mol. The smallest absolute Gasteiger partial charge is 0.416 e. The molecule has 1 aliphatic rings. The number of nitrogens with one attached hydrogen (secondary N) is 3. The van der Waals surface area contributed by atoms with Gasteiger partial charge in [-0.2, -0.15) is 18.3 Å². The lowest BCUT2D eigenvalue weighted by Crippen LogP contribution is -2.47. The summed E-state index contributed by atoms with van der Waals surface area (Å²) in [4.78, 5) is 52.1. The van der Waals surface area contributed by atoms with Crippen molar-refractivity contribution in [2.24, 2.45) is 5.41 Å². The van der Waals surface area contributed by atoms with Gasteiger partial charge in [-0.25, -0.2) is 4.79 Å². The third-order valence-corrected chi connectivity index (χ3v) is 6.28. The number of alkyl halides is 3. The van der Waals surface area contributed by atoms with E-state index >= 15 is 0 Å². The van der Waals surface area contributed by atoms with Crippen molar-refractivity contribution in [3.05, 3.63) is 47.7 Å². The molecule has 1 fully saturated rings. The number of rotatable bonds is 9. The van der Waals surface area contributed by atoms with Crippen LogP contribution in [0.15, 0.2) is 36.5 Å². The average Bonchev–Trinajstić information content (AvgIpc) is 3.47. The van der Waals surface area contributed by atoms with Crippen molar-refractivity contribution >= 4 is 29.5 Å². The number of ketones is 1. The van der Waals surface area contributed by atoms with Crippen LogP contribution in [-0.4, -0.2) is 64.0 Å². The van der Waals surface area contributed by atoms with E-state index in [1.54, 1.807) is 13.8 Å². The lowest BCUT2D eigenvalue weighted by atomic mass is 9.90. The molecule has 0 spiro atoms. The van der Waals surface area contributed by atoms with E-state index in [0.29, 0.717) is 6.42 Å². The molecule has 2 aromatic rings. The highest BCUT2D eigenvalue weighted by atomic mass is 19.4. The second-order valence-corrected chi connectivity index (χ2v) is 9.77. The van der Waals surface area contributed by atoms with Gasteiger partial charge in [-0.15, -0.1) is 0 Å². The van der Waals surface area contributed by atoms with Crippen LogP contribution in [0.2, 0.25) is 0 Å². The number of ether oxygens (including phenoxy) is 1. The van der Waals surface area contributed by atoms with Gasteiger partial charge in [0.1, 0.15) is 18.0 Å². The summed E-state index contributed by atoms with van der Waals surface area (Å²) in [6, 6.07) is 4.24. The largest absolute Gasteiger partial charge is 0.444 e. The van der Waals surface area contributed by atoms with Crippen molar-refractivity contribution in [3.63, 3.8) is 0 Å². The third kappa shape index (κ3) is 7.11. The molecule has 3 amide bonds. The van der Waals surface area contributed by atoms with Crippen LogP contribution < -0.4 is 10.6 Å². The second kappa shape index (κ2) is 11.7. The van der Waals surface area contributed by atoms with Gasteiger partial charge in [0.2, 0.25) is 5.78 Å². The zero-order chi connectivity index (χ0) is 28.1. The number of aromatic amines is 1. The van der Waals surface area contributed by atoms with Crippen LogP contribution >= 0.6 is 0 Å². The summed E-state index contributed by atoms with van der Waals surface area (Å²) in [6.45, 7) is 5.66. The fourth-order valence-corrected chi connectivity index (χ4v) is 4.09. The number of Topliss-reactive ketones (excluding diaryl/α,β-unsaturated/α-hetero) is 1. The normalized spacial score (nSPS) is 17.5. The van der Waals surface area contributed by atoms with Gasteiger partial charge in [-0.1, -0.05) is 33.6 Å². The van der Waals surface area contributed by atoms with Crippen molar-refractivity contribution in [1.29, 1.82) is 0 Å². The van der Waals surface area contributed by atoms with Crippen molar-refractivity contribution in [1.82, 2.24) is 20.4 Å². The summed E-state index contributed by atoms with van der Waals surface area (Å²) in [5.41, 5.74) is -1.47. The van der Waals surface area contributed by atoms with Crippen molar-refractivity contribution in [2.75, 3.05) is 18.4 Å². The average molecular weight is 538 g/mol. The summed E-state index contributed by atoms with van der Waals surface area (Å²) in [5.74, 6) is -2.05. The fraction of sp³-hybridized carbons (Fsp3) is 0.480. The van der Waals surface area contributed by atoms with Crippen LogP contribution in [0.3, 0.4) is 0 Å². The highest BCUT2D eigenvalue weighted by Crippen LogP contribution is 2.34. The Hall–Kier alpha value is -3.90. The number of benzene rings is 1. The molecule has 2 heterocycles. The Morgan fingerprint density at radius 1 is 1.18 bits per heavy atom. The number of aromatic nitrogens is 2. The molecular formula is C25H30F3N5O5. The minimum absolute atomic E-state index is 0.00809. The van der Waals surface area contributed by atoms with E-state index in [-0.39, 0.29) is 30.9 Å². The molecule has 1 aromatic heterocycles. The molecule has 1 aliphatic heterocycles. The minimum atomic E-state index is -4.51. The number of halogens is 3. The van der Waals surface area contributed by atoms with Crippen LogP contribution in [0, 0.1) is 5.41 Å². The highest BCUT2D eigenvalue weighted by molar-refractivity contribution is 6.42. The van der Waals surface area contributed by atoms with E-state index in [1.165, 1.54) is 17.2 Å². The molecule has 0 unspecified atom stereocenters. The molecule has 38 heavy (non-hydrogen) atoms. The maximum atomic E-state index is 12.9. The highest BCUT2D eigenvalue weighted by Gasteiger charge is 2.44. The fourth-order valence-electron chi connectivity index (χ4n) is 4.09. The number of nitrogens with zero attached hydrogens (tertiary/aromatic N) is 2. The van der Waals surface area contributed by atoms with Crippen molar-refractivity contribution < 1.29 is 37.1 Å². The first-order valence-corrected chi connectivity index (χ1v) is 12.1. The predicted octanol–water partition coefficient (Wildman–Crippen LogP) is 3.77. The van der Waals surface area contributed by atoms with E-state index in [1.807, 2.05) is 6.92 Å². The summed E-state index contributed by atoms with van der Waals surface area (Å²) >= 11 is 0. The van der Waals surface area contributed by atoms with Gasteiger partial charge in [0, 0.05) is 23.6 Å². The Balaban J connectivity index is 1.63. The quantitative estimate of drug-likeness (QED) is 0.417. The molecule has 2 atom stereocenters. The van der Waals surface area contributed by atoms with Gasteiger partial charge < -0.3 is 20.3 Å². The number of carbonyl (C=O) groups excluding carboxylic acids is 4. The Bertz CT molecular complexity index is 1150. The topological polar surface area (TPSA) is 133 Å². The number of carbonyl (C=O) groups is 4. The summed E-state index contributed by atoms with van der Waals surface area (Å²) in [7, 11) is 0. The van der Waals surface area contributed by atoms with Crippen molar-refractivity contribution in [2.45, 2.75) is 58.4 Å². The lowest BCUT2D eigenvalue weighted by Gasteiger charge is -2.26. The Morgan fingerprint density at radius 3 is 2.45 bits per heavy atom. The number of hydrogen-bond acceptors (Lipinski definition) is 6. The number of hydrogen-bond donors (Lipinski definition) is 3. The van der Waals surface area contributed by atoms with Gasteiger partial charge in [0.05, 0.1) is 18.3 Å². The Kier molecular flexibility index (Phi) is 8.79. The molecule has 13 heteroatoms. The van der Waals surface area contributed by atoms with E-state index < -0.39 is 53.0 Å². The number of amides is 3. The molecule has 1 aromatic carbocycles. The second-order valence-electron chi connectivity index (χ2n) is 9.77. The van der Waals surface area contributed by atoms with Gasteiger partial charge >= 0.3 is 12.3 Å². The van der Waals surface area contributed by atoms with Gasteiger partial charge in [-0.05, 0) is 30.7 Å². The summed E-state index contributed by atoms with van der Waals surface area (Å²) < 4.78 is 44.1. The number of alkyl carbamates (subject to hydrolysis) is 1. The van der Waals surface area contributed by atoms with Crippen LogP contribution in [0.1, 0.15) is 56.0 Å². The first-order chi connectivity index (χ1) is 17.8. The third-order valence-electron chi connectivity index (χ3n) is 6.28. The number of H-pyrrole nitrogens is 1. The van der Waals surface area contributed by atoms with Gasteiger partial charge in [-0.3, -0.25) is 19.5 Å². The van der Waals surface area contributed by atoms with Crippen LogP contribution in [0.25, 0.3) is 0 Å². The Labute approximate surface area is 217 Å². The van der Waals surface area contributed by atoms with Gasteiger partial charge in [0.15, 0.2) is 0 Å². The maximum Gasteiger partial charge on any atom is 0.416 e. The van der Waals surface area contributed by atoms with E-state index in [2.05, 4.69) is 20.8 Å². The standard InChI is InChI=1S/C25H30F3N5O5/c1-4-5-6-17(20(34)21(35)31-19-11-12-29-32-19)30-23(37)38-18-13-33(14-24(18,2)3)22(36)15-7-9-16(10-8-15)25(26,27)28/h7-12,17-18H,4-6,13-14H2,1-3H3,(H,30,37)(H2,29,31,32,35)/t17-,18+/m0/s1. The maximum absolute atomic E-state index is 12.9. The minimum Gasteiger partial charge on any atom is -0.444 e. The van der Waals surface area contributed by atoms with E-state index in [0.717, 1.165) is 30.7 Å². The molecule has 0 aliphatic carbocycles. The number of anilines is 1. The van der Waals surface area contributed by atoms with Crippen LogP contribution in [0.5, 0.6) is 0 Å². The zero-order valence-electron chi connectivity index (χ0n) is 21.2. The first-order valence-electron chi connectivity index (χ1n) is 12.1. The molecule has 0 bridgehead atoms. The van der Waals surface area contributed by atoms with Crippen LogP contribution in [-0.2, 0) is 20.5 Å². The molecule has 1 saturated heterocycles. The molecule has 0 saturated carbocycles. The van der Waals surface area contributed by atoms with Crippen molar-refractivity contribution in [3.8, 4) is 0 Å². The summed E-state index contributed by atoms with van der Waals surface area (Å²) in [5, 5.41) is 11.0. The van der Waals surface area contributed by atoms with E-state index in [9.17, 15) is 32.3 Å². The zero-order valence-corrected chi connectivity index (χ0v) is 21.2. The van der Waals surface area contributed by atoms with E-state index in [4.69, 9.17) is 4.74 Å². The van der Waals surface area contributed by atoms with Crippen LogP contribution in [0.4, 0.5) is 23.8 Å². The Morgan fingerprint density at radius 2 is 1.87 bits per heavy atom. The predicted molar refractivity (Wildman–Crippen MR) is 130 cm³/mol. The monoisotopic (exact) mass is 537 g/mol. The molecule has 206 valence electrons. The number of likely N-dealkylation sites (tertiary alicyclic amines) is 1. The van der Waals surface area contributed by atoms with Gasteiger partial charge in [0.25, 0.3) is 11.8 Å². The lowest BCUT2D eigenvalue weighted by molar-refractivity contribution is -0.137. The SMILES string of the molecule is CCCC[C@H](NC(=O)O[C@@H]1CN(C(=O)c2ccc(C(F)(F)F)cc2)CC1(C)C)C(=O)C(=O)Nc1ccn[nH]1.